The van der Waals surface area contributed by atoms with E-state index in [1.54, 1.807) is 11.6 Å². The van der Waals surface area contributed by atoms with Crippen LogP contribution in [0, 0.1) is 6.92 Å². The van der Waals surface area contributed by atoms with Crippen molar-refractivity contribution in [3.05, 3.63) is 51.3 Å². The average molecular weight is 354 g/mol. The standard InChI is InChI=1S/C17H21Cl2N3O/c1-3-4-7-10-20-17(23)15-12(2)21-22(16(15)19)11-13-8-5-6-9-14(13)18/h5-6,8-9H,3-4,7,10-11H2,1-2H3,(H,20,23). The number of nitrogens with one attached hydrogen (secondary N) is 1. The number of carbonyl (C=O) groups excluding carboxylic acids is 1. The van der Waals surface area contributed by atoms with E-state index in [4.69, 9.17) is 23.2 Å². The van der Waals surface area contributed by atoms with Gasteiger partial charge in [0.05, 0.1) is 17.8 Å². The third-order valence-corrected chi connectivity index (χ3v) is 4.39. The van der Waals surface area contributed by atoms with E-state index >= 15 is 0 Å². The van der Waals surface area contributed by atoms with Crippen LogP contribution in [0.4, 0.5) is 0 Å². The van der Waals surface area contributed by atoms with Crippen LogP contribution >= 0.6 is 23.2 Å². The molecule has 1 N–H and O–H groups in total. The number of benzene rings is 1. The van der Waals surface area contributed by atoms with Crippen molar-refractivity contribution in [2.45, 2.75) is 39.7 Å². The summed E-state index contributed by atoms with van der Waals surface area (Å²) in [5.41, 5.74) is 1.97. The summed E-state index contributed by atoms with van der Waals surface area (Å²) in [5, 5.41) is 8.28. The molecule has 0 aliphatic carbocycles. The quantitative estimate of drug-likeness (QED) is 0.746. The smallest absolute Gasteiger partial charge is 0.256 e. The molecule has 1 aromatic heterocycles. The number of amides is 1. The fourth-order valence-electron chi connectivity index (χ4n) is 2.37. The molecule has 6 heteroatoms. The van der Waals surface area contributed by atoms with E-state index < -0.39 is 0 Å². The Labute approximate surface area is 146 Å². The molecule has 23 heavy (non-hydrogen) atoms. The van der Waals surface area contributed by atoms with Crippen molar-refractivity contribution >= 4 is 29.1 Å². The summed E-state index contributed by atoms with van der Waals surface area (Å²) in [4.78, 5) is 12.3. The predicted octanol–water partition coefficient (Wildman–Crippen LogP) is 4.47. The lowest BCUT2D eigenvalue weighted by atomic mass is 10.2. The average Bonchev–Trinajstić information content (AvgIpc) is 2.80. The highest BCUT2D eigenvalue weighted by Gasteiger charge is 2.20. The fourth-order valence-corrected chi connectivity index (χ4v) is 2.88. The molecule has 0 spiro atoms. The summed E-state index contributed by atoms with van der Waals surface area (Å²) in [5.74, 6) is -0.172. The van der Waals surface area contributed by atoms with Gasteiger partial charge in [0, 0.05) is 11.6 Å². The number of halogens is 2. The lowest BCUT2D eigenvalue weighted by Crippen LogP contribution is -2.25. The number of aryl methyl sites for hydroxylation is 1. The minimum atomic E-state index is -0.172. The van der Waals surface area contributed by atoms with Crippen LogP contribution in [0.2, 0.25) is 10.2 Å². The van der Waals surface area contributed by atoms with Crippen LogP contribution in [-0.4, -0.2) is 22.2 Å². The van der Waals surface area contributed by atoms with Gasteiger partial charge >= 0.3 is 0 Å². The molecular weight excluding hydrogens is 333 g/mol. The van der Waals surface area contributed by atoms with Crippen LogP contribution in [0.25, 0.3) is 0 Å². The SMILES string of the molecule is CCCCCNC(=O)c1c(C)nn(Cc2ccccc2Cl)c1Cl. The van der Waals surface area contributed by atoms with Crippen molar-refractivity contribution in [2.24, 2.45) is 0 Å². The number of rotatable bonds is 7. The molecule has 0 radical (unpaired) electrons. The van der Waals surface area contributed by atoms with E-state index in [-0.39, 0.29) is 5.91 Å². The second-order valence-corrected chi connectivity index (χ2v) is 6.23. The van der Waals surface area contributed by atoms with Gasteiger partial charge in [-0.2, -0.15) is 5.10 Å². The Morgan fingerprint density at radius 2 is 2.00 bits per heavy atom. The molecule has 0 fully saturated rings. The first-order chi connectivity index (χ1) is 11.0. The molecule has 0 saturated carbocycles. The number of unbranched alkanes of at least 4 members (excludes halogenated alkanes) is 2. The minimum Gasteiger partial charge on any atom is -0.352 e. The van der Waals surface area contributed by atoms with Gasteiger partial charge in [-0.15, -0.1) is 0 Å². The number of nitrogens with zero attached hydrogens (tertiary/aromatic N) is 2. The molecule has 1 heterocycles. The molecule has 1 aromatic carbocycles. The van der Waals surface area contributed by atoms with Gasteiger partial charge in [-0.1, -0.05) is 61.2 Å². The zero-order valence-corrected chi connectivity index (χ0v) is 14.9. The third kappa shape index (κ3) is 4.49. The van der Waals surface area contributed by atoms with Crippen LogP contribution < -0.4 is 5.32 Å². The maximum absolute atomic E-state index is 12.3. The number of aromatic nitrogens is 2. The summed E-state index contributed by atoms with van der Waals surface area (Å²) >= 11 is 12.5. The highest BCUT2D eigenvalue weighted by molar-refractivity contribution is 6.33. The molecule has 0 unspecified atom stereocenters. The third-order valence-electron chi connectivity index (χ3n) is 3.64. The molecule has 2 rings (SSSR count). The zero-order chi connectivity index (χ0) is 16.8. The first-order valence-electron chi connectivity index (χ1n) is 7.79. The van der Waals surface area contributed by atoms with Crippen LogP contribution in [0.15, 0.2) is 24.3 Å². The Balaban J connectivity index is 2.13. The highest BCUT2D eigenvalue weighted by atomic mass is 35.5. The zero-order valence-electron chi connectivity index (χ0n) is 13.4. The van der Waals surface area contributed by atoms with Crippen molar-refractivity contribution in [2.75, 3.05) is 6.54 Å². The largest absolute Gasteiger partial charge is 0.352 e. The van der Waals surface area contributed by atoms with Crippen LogP contribution in [0.5, 0.6) is 0 Å². The molecule has 0 aliphatic heterocycles. The van der Waals surface area contributed by atoms with Crippen molar-refractivity contribution in [1.29, 1.82) is 0 Å². The summed E-state index contributed by atoms with van der Waals surface area (Å²) in [6.07, 6.45) is 3.18. The first-order valence-corrected chi connectivity index (χ1v) is 8.54. The highest BCUT2D eigenvalue weighted by Crippen LogP contribution is 2.23. The molecule has 0 atom stereocenters. The van der Waals surface area contributed by atoms with E-state index in [2.05, 4.69) is 17.3 Å². The predicted molar refractivity (Wildman–Crippen MR) is 94.4 cm³/mol. The molecule has 124 valence electrons. The second-order valence-electron chi connectivity index (χ2n) is 5.46. The van der Waals surface area contributed by atoms with Crippen LogP contribution in [-0.2, 0) is 6.54 Å². The van der Waals surface area contributed by atoms with Crippen molar-refractivity contribution < 1.29 is 4.79 Å². The van der Waals surface area contributed by atoms with Crippen molar-refractivity contribution in [3.8, 4) is 0 Å². The van der Waals surface area contributed by atoms with Gasteiger partial charge in [0.25, 0.3) is 5.91 Å². The Kier molecular flexibility index (Phi) is 6.48. The topological polar surface area (TPSA) is 46.9 Å². The molecule has 0 bridgehead atoms. The Bertz CT molecular complexity index is 682. The van der Waals surface area contributed by atoms with Gasteiger partial charge in [0.1, 0.15) is 5.15 Å². The Morgan fingerprint density at radius 1 is 1.26 bits per heavy atom. The van der Waals surface area contributed by atoms with Crippen LogP contribution in [0.1, 0.15) is 47.8 Å². The van der Waals surface area contributed by atoms with Gasteiger partial charge in [-0.3, -0.25) is 4.79 Å². The summed E-state index contributed by atoms with van der Waals surface area (Å²) in [6.45, 7) is 5.00. The summed E-state index contributed by atoms with van der Waals surface area (Å²) < 4.78 is 1.61. The van der Waals surface area contributed by atoms with Gasteiger partial charge in [0.15, 0.2) is 0 Å². The lowest BCUT2D eigenvalue weighted by Gasteiger charge is -2.06. The molecule has 0 aliphatic rings. The Morgan fingerprint density at radius 3 is 2.70 bits per heavy atom. The van der Waals surface area contributed by atoms with E-state index in [1.807, 2.05) is 24.3 Å². The minimum absolute atomic E-state index is 0.172. The summed E-state index contributed by atoms with van der Waals surface area (Å²) in [6, 6.07) is 7.52. The summed E-state index contributed by atoms with van der Waals surface area (Å²) in [7, 11) is 0. The number of hydrogen-bond acceptors (Lipinski definition) is 2. The molecule has 0 saturated heterocycles. The van der Waals surface area contributed by atoms with Gasteiger partial charge in [-0.05, 0) is 25.0 Å². The van der Waals surface area contributed by atoms with Gasteiger partial charge in [-0.25, -0.2) is 4.68 Å². The lowest BCUT2D eigenvalue weighted by molar-refractivity contribution is 0.0952. The second kappa shape index (κ2) is 8.37. The first kappa shape index (κ1) is 17.8. The Hall–Kier alpha value is -1.52. The van der Waals surface area contributed by atoms with E-state index in [0.29, 0.717) is 34.5 Å². The molecule has 4 nitrogen and oxygen atoms in total. The number of hydrogen-bond donors (Lipinski definition) is 1. The molecule has 1 amide bonds. The molecule has 2 aromatic rings. The van der Waals surface area contributed by atoms with Gasteiger partial charge in [0.2, 0.25) is 0 Å². The van der Waals surface area contributed by atoms with E-state index in [1.165, 1.54) is 0 Å². The van der Waals surface area contributed by atoms with Crippen LogP contribution in [0.3, 0.4) is 0 Å². The van der Waals surface area contributed by atoms with E-state index in [9.17, 15) is 4.79 Å². The number of carbonyl (C=O) groups is 1. The monoisotopic (exact) mass is 353 g/mol. The fraction of sp³-hybridized carbons (Fsp3) is 0.412. The maximum atomic E-state index is 12.3. The van der Waals surface area contributed by atoms with Gasteiger partial charge < -0.3 is 5.32 Å². The maximum Gasteiger partial charge on any atom is 0.256 e. The molecular formula is C17H21Cl2N3O. The van der Waals surface area contributed by atoms with E-state index in [0.717, 1.165) is 24.8 Å². The van der Waals surface area contributed by atoms with Crippen molar-refractivity contribution in [1.82, 2.24) is 15.1 Å². The van der Waals surface area contributed by atoms with Crippen molar-refractivity contribution in [3.63, 3.8) is 0 Å². The normalized spacial score (nSPS) is 10.8.